The van der Waals surface area contributed by atoms with E-state index in [1.54, 1.807) is 18.2 Å². The van der Waals surface area contributed by atoms with Gasteiger partial charge in [0, 0.05) is 0 Å². The van der Waals surface area contributed by atoms with Gasteiger partial charge in [-0.25, -0.2) is 0 Å². The van der Waals surface area contributed by atoms with Crippen molar-refractivity contribution in [3.63, 3.8) is 0 Å². The van der Waals surface area contributed by atoms with Gasteiger partial charge in [-0.05, 0) is 37.0 Å². The standard InChI is InChI=1S/C14H15ClO3/c1-9(2)8-18-11-5-3-4-10(12(11)15)14(6-7-14)13(16)17/h3-5H,1,6-8H2,2H3,(H,16,17). The third-order valence-electron chi connectivity index (χ3n) is 3.11. The summed E-state index contributed by atoms with van der Waals surface area (Å²) in [6, 6.07) is 5.28. The van der Waals surface area contributed by atoms with Gasteiger partial charge in [0.2, 0.25) is 0 Å². The minimum absolute atomic E-state index is 0.378. The Bertz CT molecular complexity index is 504. The lowest BCUT2D eigenvalue weighted by Crippen LogP contribution is -2.20. The van der Waals surface area contributed by atoms with Crippen molar-refractivity contribution < 1.29 is 14.6 Å². The highest BCUT2D eigenvalue weighted by atomic mass is 35.5. The molecule has 1 fully saturated rings. The number of hydrogen-bond donors (Lipinski definition) is 1. The first-order chi connectivity index (χ1) is 8.47. The van der Waals surface area contributed by atoms with Crippen molar-refractivity contribution in [2.75, 3.05) is 6.61 Å². The molecule has 0 aliphatic heterocycles. The van der Waals surface area contributed by atoms with Crippen LogP contribution in [0.1, 0.15) is 25.3 Å². The fourth-order valence-electron chi connectivity index (χ4n) is 1.92. The number of aliphatic carboxylic acids is 1. The Balaban J connectivity index is 2.31. The molecule has 0 amide bonds. The Morgan fingerprint density at radius 1 is 1.56 bits per heavy atom. The number of carboxylic acid groups (broad SMARTS) is 1. The maximum Gasteiger partial charge on any atom is 0.314 e. The summed E-state index contributed by atoms with van der Waals surface area (Å²) < 4.78 is 5.52. The zero-order valence-corrected chi connectivity index (χ0v) is 11.0. The summed E-state index contributed by atoms with van der Waals surface area (Å²) in [4.78, 5) is 11.3. The Labute approximate surface area is 111 Å². The molecule has 1 aromatic rings. The fraction of sp³-hybridized carbons (Fsp3) is 0.357. The summed E-state index contributed by atoms with van der Waals surface area (Å²) in [7, 11) is 0. The normalized spacial score (nSPS) is 16.1. The molecule has 1 aromatic carbocycles. The van der Waals surface area contributed by atoms with Gasteiger partial charge < -0.3 is 9.84 Å². The van der Waals surface area contributed by atoms with E-state index in [9.17, 15) is 9.90 Å². The highest BCUT2D eigenvalue weighted by Crippen LogP contribution is 2.52. The molecule has 0 atom stereocenters. The molecular formula is C14H15ClO3. The van der Waals surface area contributed by atoms with E-state index < -0.39 is 11.4 Å². The predicted octanol–water partition coefficient (Wildman–Crippen LogP) is 3.41. The maximum atomic E-state index is 11.3. The molecule has 0 aromatic heterocycles. The lowest BCUT2D eigenvalue weighted by Gasteiger charge is -2.15. The zero-order valence-electron chi connectivity index (χ0n) is 10.2. The number of hydrogen-bond acceptors (Lipinski definition) is 2. The number of carbonyl (C=O) groups is 1. The molecule has 0 bridgehead atoms. The van der Waals surface area contributed by atoms with E-state index in [0.29, 0.717) is 35.8 Å². The molecule has 1 aliphatic rings. The highest BCUT2D eigenvalue weighted by Gasteiger charge is 2.53. The maximum absolute atomic E-state index is 11.3. The van der Waals surface area contributed by atoms with Crippen LogP contribution in [0.5, 0.6) is 5.75 Å². The summed E-state index contributed by atoms with van der Waals surface area (Å²) in [6.07, 6.45) is 1.26. The Kier molecular flexibility index (Phi) is 3.35. The summed E-state index contributed by atoms with van der Waals surface area (Å²) in [5.74, 6) is -0.300. The van der Waals surface area contributed by atoms with Crippen LogP contribution in [0.15, 0.2) is 30.4 Å². The second-order valence-electron chi connectivity index (χ2n) is 4.75. The van der Waals surface area contributed by atoms with Crippen LogP contribution >= 0.6 is 11.6 Å². The Hall–Kier alpha value is -1.48. The summed E-state index contributed by atoms with van der Waals surface area (Å²) in [5.41, 5.74) is 0.728. The molecule has 1 N–H and O–H groups in total. The van der Waals surface area contributed by atoms with Crippen molar-refractivity contribution in [2.24, 2.45) is 0 Å². The molecule has 18 heavy (non-hydrogen) atoms. The fourth-order valence-corrected chi connectivity index (χ4v) is 2.28. The van der Waals surface area contributed by atoms with E-state index in [1.165, 1.54) is 0 Å². The largest absolute Gasteiger partial charge is 0.488 e. The number of carboxylic acids is 1. The summed E-state index contributed by atoms with van der Waals surface area (Å²) >= 11 is 6.24. The average Bonchev–Trinajstić information content (AvgIpc) is 3.08. The summed E-state index contributed by atoms with van der Waals surface area (Å²) in [6.45, 7) is 5.99. The van der Waals surface area contributed by atoms with Crippen LogP contribution < -0.4 is 4.74 Å². The molecule has 4 heteroatoms. The third-order valence-corrected chi connectivity index (χ3v) is 3.50. The minimum Gasteiger partial charge on any atom is -0.488 e. The lowest BCUT2D eigenvalue weighted by atomic mass is 9.96. The second-order valence-corrected chi connectivity index (χ2v) is 5.13. The topological polar surface area (TPSA) is 46.5 Å². The van der Waals surface area contributed by atoms with Gasteiger partial charge in [0.25, 0.3) is 0 Å². The molecule has 0 unspecified atom stereocenters. The predicted molar refractivity (Wildman–Crippen MR) is 70.3 cm³/mol. The lowest BCUT2D eigenvalue weighted by molar-refractivity contribution is -0.140. The van der Waals surface area contributed by atoms with Gasteiger partial charge >= 0.3 is 5.97 Å². The average molecular weight is 267 g/mol. The Morgan fingerprint density at radius 2 is 2.22 bits per heavy atom. The van der Waals surface area contributed by atoms with Gasteiger partial charge in [-0.2, -0.15) is 0 Å². The van der Waals surface area contributed by atoms with Crippen molar-refractivity contribution in [3.8, 4) is 5.75 Å². The monoisotopic (exact) mass is 266 g/mol. The van der Waals surface area contributed by atoms with Gasteiger partial charge in [-0.15, -0.1) is 0 Å². The van der Waals surface area contributed by atoms with Crippen LogP contribution in [0.4, 0.5) is 0 Å². The molecule has 1 saturated carbocycles. The molecular weight excluding hydrogens is 252 g/mol. The van der Waals surface area contributed by atoms with Crippen molar-refractivity contribution in [1.29, 1.82) is 0 Å². The number of halogens is 1. The third kappa shape index (κ3) is 2.23. The van der Waals surface area contributed by atoms with E-state index >= 15 is 0 Å². The van der Waals surface area contributed by atoms with Crippen molar-refractivity contribution in [3.05, 3.63) is 40.9 Å². The van der Waals surface area contributed by atoms with E-state index in [4.69, 9.17) is 16.3 Å². The van der Waals surface area contributed by atoms with Crippen LogP contribution in [-0.4, -0.2) is 17.7 Å². The van der Waals surface area contributed by atoms with Crippen molar-refractivity contribution in [2.45, 2.75) is 25.2 Å². The van der Waals surface area contributed by atoms with Crippen molar-refractivity contribution in [1.82, 2.24) is 0 Å². The first-order valence-electron chi connectivity index (χ1n) is 5.77. The molecule has 0 radical (unpaired) electrons. The molecule has 96 valence electrons. The minimum atomic E-state index is -0.818. The van der Waals surface area contributed by atoms with E-state index in [1.807, 2.05) is 6.92 Å². The number of rotatable bonds is 5. The molecule has 3 nitrogen and oxygen atoms in total. The quantitative estimate of drug-likeness (QED) is 0.831. The molecule has 0 heterocycles. The summed E-state index contributed by atoms with van der Waals surface area (Å²) in [5, 5.41) is 9.68. The first kappa shape index (κ1) is 13.0. The first-order valence-corrected chi connectivity index (χ1v) is 6.15. The van der Waals surface area contributed by atoms with Crippen LogP contribution in [0.25, 0.3) is 0 Å². The van der Waals surface area contributed by atoms with Crippen molar-refractivity contribution >= 4 is 17.6 Å². The van der Waals surface area contributed by atoms with E-state index in [0.717, 1.165) is 5.57 Å². The molecule has 1 aliphatic carbocycles. The smallest absolute Gasteiger partial charge is 0.314 e. The zero-order chi connectivity index (χ0) is 13.3. The molecule has 2 rings (SSSR count). The number of ether oxygens (including phenoxy) is 1. The van der Waals surface area contributed by atoms with Gasteiger partial charge in [-0.1, -0.05) is 30.3 Å². The van der Waals surface area contributed by atoms with E-state index in [2.05, 4.69) is 6.58 Å². The Morgan fingerprint density at radius 3 is 2.72 bits per heavy atom. The van der Waals surface area contributed by atoms with Gasteiger partial charge in [-0.3, -0.25) is 4.79 Å². The van der Waals surface area contributed by atoms with Crippen LogP contribution in [-0.2, 0) is 10.2 Å². The van der Waals surface area contributed by atoms with E-state index in [-0.39, 0.29) is 0 Å². The van der Waals surface area contributed by atoms with Crippen LogP contribution in [0.3, 0.4) is 0 Å². The number of benzene rings is 1. The van der Waals surface area contributed by atoms with Crippen LogP contribution in [0, 0.1) is 0 Å². The SMILES string of the molecule is C=C(C)COc1cccc(C2(C(=O)O)CC2)c1Cl. The van der Waals surface area contributed by atoms with Gasteiger partial charge in [0.05, 0.1) is 10.4 Å². The molecule has 0 saturated heterocycles. The van der Waals surface area contributed by atoms with Crippen LogP contribution in [0.2, 0.25) is 5.02 Å². The second kappa shape index (κ2) is 4.65. The molecule has 0 spiro atoms. The highest BCUT2D eigenvalue weighted by molar-refractivity contribution is 6.33. The van der Waals surface area contributed by atoms with Gasteiger partial charge in [0.15, 0.2) is 0 Å². The van der Waals surface area contributed by atoms with Gasteiger partial charge in [0.1, 0.15) is 12.4 Å².